The first-order valence-corrected chi connectivity index (χ1v) is 9.56. The van der Waals surface area contributed by atoms with Crippen molar-refractivity contribution in [3.05, 3.63) is 29.8 Å². The van der Waals surface area contributed by atoms with Gasteiger partial charge >= 0.3 is 0 Å². The van der Waals surface area contributed by atoms with Crippen molar-refractivity contribution in [2.75, 3.05) is 57.4 Å². The van der Waals surface area contributed by atoms with Gasteiger partial charge < -0.3 is 14.5 Å². The minimum Gasteiger partial charge on any atom is -0.379 e. The number of carbonyl (C=O) groups is 2. The minimum absolute atomic E-state index is 0.0715. The molecule has 0 bridgehead atoms. The van der Waals surface area contributed by atoms with Gasteiger partial charge in [0.05, 0.1) is 25.7 Å². The van der Waals surface area contributed by atoms with Crippen LogP contribution in [0.15, 0.2) is 24.3 Å². The molecule has 2 aliphatic rings. The van der Waals surface area contributed by atoms with Crippen LogP contribution < -0.4 is 4.90 Å². The average Bonchev–Trinajstić information content (AvgIpc) is 3.14. The molecule has 0 aliphatic carbocycles. The molecule has 144 valence electrons. The molecule has 2 aliphatic heterocycles. The van der Waals surface area contributed by atoms with E-state index in [2.05, 4.69) is 11.0 Å². The number of hydrogen-bond acceptors (Lipinski definition) is 5. The number of ether oxygens (including phenoxy) is 1. The molecule has 1 aromatic rings. The molecule has 0 saturated carbocycles. The first-order valence-electron chi connectivity index (χ1n) is 9.56. The summed E-state index contributed by atoms with van der Waals surface area (Å²) in [6.45, 7) is 5.73. The lowest BCUT2D eigenvalue weighted by molar-refractivity contribution is -0.117. The van der Waals surface area contributed by atoms with Gasteiger partial charge in [-0.1, -0.05) is 0 Å². The molecule has 0 unspecified atom stereocenters. The zero-order chi connectivity index (χ0) is 19.1. The monoisotopic (exact) mass is 370 g/mol. The van der Waals surface area contributed by atoms with Crippen LogP contribution in [0.1, 0.15) is 29.6 Å². The molecule has 0 aromatic heterocycles. The van der Waals surface area contributed by atoms with Crippen molar-refractivity contribution in [2.24, 2.45) is 0 Å². The lowest BCUT2D eigenvalue weighted by Gasteiger charge is -2.30. The Balaban J connectivity index is 1.63. The predicted octanol–water partition coefficient (Wildman–Crippen LogP) is 1.50. The van der Waals surface area contributed by atoms with Crippen LogP contribution in [0, 0.1) is 11.3 Å². The molecule has 2 heterocycles. The standard InChI is InChI=1S/C20H26N4O3/c21-8-2-9-23(12-11-22-13-15-27-16-14-22)20(26)17-4-6-18(7-5-17)24-10-1-3-19(24)25/h4-7H,1-3,9-16H2. The highest BCUT2D eigenvalue weighted by molar-refractivity contribution is 5.97. The molecule has 2 amide bonds. The summed E-state index contributed by atoms with van der Waals surface area (Å²) in [5.74, 6) is 0.0630. The Labute approximate surface area is 160 Å². The maximum absolute atomic E-state index is 12.9. The van der Waals surface area contributed by atoms with E-state index in [9.17, 15) is 9.59 Å². The number of morpholine rings is 1. The Morgan fingerprint density at radius 3 is 2.52 bits per heavy atom. The van der Waals surface area contributed by atoms with Crippen LogP contribution in [0.5, 0.6) is 0 Å². The van der Waals surface area contributed by atoms with Crippen molar-refractivity contribution in [3.8, 4) is 6.07 Å². The summed E-state index contributed by atoms with van der Waals surface area (Å²) in [6.07, 6.45) is 1.78. The summed E-state index contributed by atoms with van der Waals surface area (Å²) in [4.78, 5) is 30.6. The Kier molecular flexibility index (Phi) is 6.80. The zero-order valence-electron chi connectivity index (χ0n) is 15.6. The van der Waals surface area contributed by atoms with Gasteiger partial charge in [0.1, 0.15) is 0 Å². The van der Waals surface area contributed by atoms with Gasteiger partial charge in [0.2, 0.25) is 5.91 Å². The summed E-state index contributed by atoms with van der Waals surface area (Å²) >= 11 is 0. The Morgan fingerprint density at radius 1 is 1.15 bits per heavy atom. The molecule has 7 nitrogen and oxygen atoms in total. The number of amides is 2. The fraction of sp³-hybridized carbons (Fsp3) is 0.550. The van der Waals surface area contributed by atoms with E-state index in [1.165, 1.54) is 0 Å². The van der Waals surface area contributed by atoms with Crippen molar-refractivity contribution in [1.29, 1.82) is 5.26 Å². The van der Waals surface area contributed by atoms with Gasteiger partial charge in [0.25, 0.3) is 5.91 Å². The van der Waals surface area contributed by atoms with E-state index in [4.69, 9.17) is 10.00 Å². The zero-order valence-corrected chi connectivity index (χ0v) is 15.6. The fourth-order valence-corrected chi connectivity index (χ4v) is 3.47. The molecule has 27 heavy (non-hydrogen) atoms. The topological polar surface area (TPSA) is 76.9 Å². The van der Waals surface area contributed by atoms with Gasteiger partial charge in [-0.25, -0.2) is 0 Å². The highest BCUT2D eigenvalue weighted by atomic mass is 16.5. The summed E-state index contributed by atoms with van der Waals surface area (Å²) in [7, 11) is 0. The third-order valence-electron chi connectivity index (χ3n) is 5.07. The summed E-state index contributed by atoms with van der Waals surface area (Å²) in [5.41, 5.74) is 1.43. The van der Waals surface area contributed by atoms with Gasteiger partial charge in [0.15, 0.2) is 0 Å². The molecule has 0 spiro atoms. The van der Waals surface area contributed by atoms with Crippen molar-refractivity contribution >= 4 is 17.5 Å². The molecule has 0 radical (unpaired) electrons. The second kappa shape index (κ2) is 9.49. The molecule has 0 N–H and O–H groups in total. The maximum Gasteiger partial charge on any atom is 0.253 e. The van der Waals surface area contributed by atoms with Gasteiger partial charge in [0, 0.05) is 56.9 Å². The van der Waals surface area contributed by atoms with Crippen molar-refractivity contribution in [2.45, 2.75) is 19.3 Å². The summed E-state index contributed by atoms with van der Waals surface area (Å²) in [5, 5.41) is 8.91. The van der Waals surface area contributed by atoms with E-state index in [-0.39, 0.29) is 11.8 Å². The fourth-order valence-electron chi connectivity index (χ4n) is 3.47. The van der Waals surface area contributed by atoms with E-state index in [0.717, 1.165) is 51.5 Å². The summed E-state index contributed by atoms with van der Waals surface area (Å²) < 4.78 is 5.36. The number of nitriles is 1. The number of benzene rings is 1. The quantitative estimate of drug-likeness (QED) is 0.727. The van der Waals surface area contributed by atoms with Crippen LogP contribution in [0.2, 0.25) is 0 Å². The van der Waals surface area contributed by atoms with Gasteiger partial charge in [-0.05, 0) is 30.7 Å². The molecular weight excluding hydrogens is 344 g/mol. The largest absolute Gasteiger partial charge is 0.379 e. The number of rotatable bonds is 7. The average molecular weight is 370 g/mol. The van der Waals surface area contributed by atoms with Crippen molar-refractivity contribution in [1.82, 2.24) is 9.80 Å². The molecule has 2 fully saturated rings. The second-order valence-electron chi connectivity index (χ2n) is 6.85. The van der Waals surface area contributed by atoms with Crippen molar-refractivity contribution < 1.29 is 14.3 Å². The smallest absolute Gasteiger partial charge is 0.253 e. The molecule has 0 atom stereocenters. The second-order valence-corrected chi connectivity index (χ2v) is 6.85. The molecule has 7 heteroatoms. The normalized spacial score (nSPS) is 17.7. The van der Waals surface area contributed by atoms with Crippen LogP contribution >= 0.6 is 0 Å². The van der Waals surface area contributed by atoms with Gasteiger partial charge in [-0.3, -0.25) is 14.5 Å². The van der Waals surface area contributed by atoms with Crippen LogP contribution in [0.4, 0.5) is 5.69 Å². The highest BCUT2D eigenvalue weighted by Gasteiger charge is 2.22. The van der Waals surface area contributed by atoms with Crippen LogP contribution in [-0.4, -0.2) is 74.1 Å². The highest BCUT2D eigenvalue weighted by Crippen LogP contribution is 2.22. The molecule has 2 saturated heterocycles. The first kappa shape index (κ1) is 19.3. The molecule has 3 rings (SSSR count). The third kappa shape index (κ3) is 5.06. The lowest BCUT2D eigenvalue weighted by atomic mass is 10.1. The summed E-state index contributed by atoms with van der Waals surface area (Å²) in [6, 6.07) is 9.34. The van der Waals surface area contributed by atoms with E-state index < -0.39 is 0 Å². The van der Waals surface area contributed by atoms with Crippen molar-refractivity contribution in [3.63, 3.8) is 0 Å². The van der Waals surface area contributed by atoms with Crippen LogP contribution in [0.3, 0.4) is 0 Å². The maximum atomic E-state index is 12.9. The van der Waals surface area contributed by atoms with Crippen LogP contribution in [-0.2, 0) is 9.53 Å². The van der Waals surface area contributed by atoms with Gasteiger partial charge in [-0.15, -0.1) is 0 Å². The number of anilines is 1. The van der Waals surface area contributed by atoms with E-state index in [1.54, 1.807) is 21.9 Å². The Morgan fingerprint density at radius 2 is 1.89 bits per heavy atom. The predicted molar refractivity (Wildman–Crippen MR) is 101 cm³/mol. The van der Waals surface area contributed by atoms with Crippen LogP contribution in [0.25, 0.3) is 0 Å². The van der Waals surface area contributed by atoms with E-state index in [1.807, 2.05) is 12.1 Å². The minimum atomic E-state index is -0.0715. The Hall–Kier alpha value is -2.43. The molecule has 1 aromatic carbocycles. The Bertz CT molecular complexity index is 692. The van der Waals surface area contributed by atoms with Gasteiger partial charge in [-0.2, -0.15) is 5.26 Å². The third-order valence-corrected chi connectivity index (χ3v) is 5.07. The molecular formula is C20H26N4O3. The van der Waals surface area contributed by atoms with E-state index >= 15 is 0 Å². The number of nitrogens with zero attached hydrogens (tertiary/aromatic N) is 4. The first-order chi connectivity index (χ1) is 13.2. The number of carbonyl (C=O) groups excluding carboxylic acids is 2. The lowest BCUT2D eigenvalue weighted by Crippen LogP contribution is -2.43. The SMILES string of the molecule is N#CCCN(CCN1CCOCC1)C(=O)c1ccc(N2CCCC2=O)cc1. The van der Waals surface area contributed by atoms with E-state index in [0.29, 0.717) is 31.5 Å². The number of hydrogen-bond donors (Lipinski definition) is 0.